The van der Waals surface area contributed by atoms with Gasteiger partial charge in [0.15, 0.2) is 18.1 Å². The number of halogens is 1. The van der Waals surface area contributed by atoms with Crippen molar-refractivity contribution in [2.24, 2.45) is 0 Å². The molecule has 1 aromatic heterocycles. The second-order valence-corrected chi connectivity index (χ2v) is 5.68. The van der Waals surface area contributed by atoms with E-state index < -0.39 is 0 Å². The summed E-state index contributed by atoms with van der Waals surface area (Å²) < 4.78 is 12.6. The van der Waals surface area contributed by atoms with Crippen LogP contribution in [0.3, 0.4) is 0 Å². The number of amides is 1. The molecule has 3 aromatic rings. The summed E-state index contributed by atoms with van der Waals surface area (Å²) in [5, 5.41) is 3.44. The minimum Gasteiger partial charge on any atom is -0.493 e. The predicted molar refractivity (Wildman–Crippen MR) is 97.9 cm³/mol. The first-order valence-electron chi connectivity index (χ1n) is 7.66. The number of ether oxygens (including phenoxy) is 2. The lowest BCUT2D eigenvalue weighted by molar-refractivity contribution is -0.118. The molecule has 0 bridgehead atoms. The van der Waals surface area contributed by atoms with Crippen LogP contribution in [0.1, 0.15) is 0 Å². The van der Waals surface area contributed by atoms with Crippen molar-refractivity contribution >= 4 is 23.2 Å². The smallest absolute Gasteiger partial charge is 0.262 e. The van der Waals surface area contributed by atoms with Gasteiger partial charge < -0.3 is 19.4 Å². The van der Waals surface area contributed by atoms with Crippen LogP contribution in [0.4, 0.5) is 5.69 Å². The van der Waals surface area contributed by atoms with E-state index in [9.17, 15) is 4.79 Å². The normalized spacial score (nSPS) is 10.3. The lowest BCUT2D eigenvalue weighted by Crippen LogP contribution is -2.21. The van der Waals surface area contributed by atoms with Gasteiger partial charge in [-0.3, -0.25) is 4.79 Å². The largest absolute Gasteiger partial charge is 0.493 e. The SMILES string of the molecule is COc1ccccc1OCC(=O)Nc1ccc(Cl)cc1-n1cccc1. The number of methoxy groups -OCH3 is 1. The first kappa shape index (κ1) is 16.9. The van der Waals surface area contributed by atoms with Crippen LogP contribution in [0.25, 0.3) is 5.69 Å². The molecule has 0 aliphatic heterocycles. The number of anilines is 1. The van der Waals surface area contributed by atoms with E-state index in [1.165, 1.54) is 0 Å². The molecule has 0 aliphatic rings. The number of hydrogen-bond acceptors (Lipinski definition) is 3. The molecule has 1 N–H and O–H groups in total. The van der Waals surface area contributed by atoms with Gasteiger partial charge in [-0.05, 0) is 42.5 Å². The van der Waals surface area contributed by atoms with Crippen LogP contribution >= 0.6 is 11.6 Å². The summed E-state index contributed by atoms with van der Waals surface area (Å²) in [6.07, 6.45) is 3.76. The third kappa shape index (κ3) is 4.14. The van der Waals surface area contributed by atoms with E-state index in [0.717, 1.165) is 5.69 Å². The lowest BCUT2D eigenvalue weighted by Gasteiger charge is -2.14. The van der Waals surface area contributed by atoms with Gasteiger partial charge in [-0.1, -0.05) is 23.7 Å². The Morgan fingerprint density at radius 3 is 2.52 bits per heavy atom. The zero-order chi connectivity index (χ0) is 17.6. The van der Waals surface area contributed by atoms with E-state index in [2.05, 4.69) is 5.32 Å². The Morgan fingerprint density at radius 1 is 1.08 bits per heavy atom. The molecule has 0 aliphatic carbocycles. The molecule has 3 rings (SSSR count). The highest BCUT2D eigenvalue weighted by molar-refractivity contribution is 6.30. The van der Waals surface area contributed by atoms with Crippen molar-refractivity contribution in [1.82, 2.24) is 4.57 Å². The van der Waals surface area contributed by atoms with Crippen LogP contribution in [-0.4, -0.2) is 24.2 Å². The second kappa shape index (κ2) is 7.77. The molecule has 0 unspecified atom stereocenters. The first-order chi connectivity index (χ1) is 12.2. The third-order valence-electron chi connectivity index (χ3n) is 3.54. The summed E-state index contributed by atoms with van der Waals surface area (Å²) in [5.41, 5.74) is 1.43. The quantitative estimate of drug-likeness (QED) is 0.721. The van der Waals surface area contributed by atoms with E-state index >= 15 is 0 Å². The first-order valence-corrected chi connectivity index (χ1v) is 8.04. The topological polar surface area (TPSA) is 52.5 Å². The highest BCUT2D eigenvalue weighted by atomic mass is 35.5. The Balaban J connectivity index is 1.71. The van der Waals surface area contributed by atoms with Crippen LogP contribution in [0, 0.1) is 0 Å². The molecule has 1 amide bonds. The maximum atomic E-state index is 12.3. The average molecular weight is 357 g/mol. The molecule has 0 fully saturated rings. The van der Waals surface area contributed by atoms with Gasteiger partial charge in [-0.2, -0.15) is 0 Å². The van der Waals surface area contributed by atoms with E-state index in [1.54, 1.807) is 37.4 Å². The molecule has 0 atom stereocenters. The van der Waals surface area contributed by atoms with Gasteiger partial charge in [0.05, 0.1) is 18.5 Å². The molecule has 0 saturated carbocycles. The molecule has 6 heteroatoms. The van der Waals surface area contributed by atoms with Crippen molar-refractivity contribution < 1.29 is 14.3 Å². The minimum atomic E-state index is -0.276. The zero-order valence-corrected chi connectivity index (χ0v) is 14.4. The Morgan fingerprint density at radius 2 is 1.80 bits per heavy atom. The Bertz CT molecular complexity index is 863. The van der Waals surface area contributed by atoms with E-state index in [4.69, 9.17) is 21.1 Å². The summed E-state index contributed by atoms with van der Waals surface area (Å²) in [6, 6.07) is 16.3. The number of carbonyl (C=O) groups excluding carboxylic acids is 1. The minimum absolute atomic E-state index is 0.131. The van der Waals surface area contributed by atoms with Gasteiger partial charge in [0.25, 0.3) is 5.91 Å². The zero-order valence-electron chi connectivity index (χ0n) is 13.6. The predicted octanol–water partition coefficient (Wildman–Crippen LogP) is 4.16. The summed E-state index contributed by atoms with van der Waals surface area (Å²) in [7, 11) is 1.55. The molecular weight excluding hydrogens is 340 g/mol. The molecule has 0 spiro atoms. The molecule has 5 nitrogen and oxygen atoms in total. The molecule has 1 heterocycles. The van der Waals surface area contributed by atoms with E-state index in [-0.39, 0.29) is 12.5 Å². The summed E-state index contributed by atoms with van der Waals surface area (Å²) in [4.78, 5) is 12.3. The summed E-state index contributed by atoms with van der Waals surface area (Å²) >= 11 is 6.08. The Labute approximate surface area is 150 Å². The fourth-order valence-corrected chi connectivity index (χ4v) is 2.55. The van der Waals surface area contributed by atoms with Crippen molar-refractivity contribution in [2.45, 2.75) is 0 Å². The Kier molecular flexibility index (Phi) is 5.26. The average Bonchev–Trinajstić information content (AvgIpc) is 3.16. The van der Waals surface area contributed by atoms with Crippen LogP contribution in [0.5, 0.6) is 11.5 Å². The van der Waals surface area contributed by atoms with E-state index in [1.807, 2.05) is 41.2 Å². The van der Waals surface area contributed by atoms with E-state index in [0.29, 0.717) is 22.2 Å². The van der Waals surface area contributed by atoms with Gasteiger partial charge in [0, 0.05) is 17.4 Å². The molecule has 128 valence electrons. The van der Waals surface area contributed by atoms with Gasteiger partial charge in [0.1, 0.15) is 0 Å². The number of benzene rings is 2. The van der Waals surface area contributed by atoms with Crippen molar-refractivity contribution in [3.05, 3.63) is 72.0 Å². The number of hydrogen-bond donors (Lipinski definition) is 1. The van der Waals surface area contributed by atoms with Gasteiger partial charge >= 0.3 is 0 Å². The highest BCUT2D eigenvalue weighted by Crippen LogP contribution is 2.27. The summed E-state index contributed by atoms with van der Waals surface area (Å²) in [6.45, 7) is -0.131. The monoisotopic (exact) mass is 356 g/mol. The van der Waals surface area contributed by atoms with Gasteiger partial charge in [0.2, 0.25) is 0 Å². The Hall–Kier alpha value is -2.92. The number of nitrogens with one attached hydrogen (secondary N) is 1. The standard InChI is InChI=1S/C19H17ClN2O3/c1-24-17-6-2-3-7-18(17)25-13-19(23)21-15-9-8-14(20)12-16(15)22-10-4-5-11-22/h2-12H,13H2,1H3,(H,21,23). The molecule has 25 heavy (non-hydrogen) atoms. The van der Waals surface area contributed by atoms with Gasteiger partial charge in [-0.25, -0.2) is 0 Å². The number of rotatable bonds is 6. The van der Waals surface area contributed by atoms with Gasteiger partial charge in [-0.15, -0.1) is 0 Å². The number of para-hydroxylation sites is 2. The molecule has 2 aromatic carbocycles. The number of carbonyl (C=O) groups is 1. The van der Waals surface area contributed by atoms with Crippen molar-refractivity contribution in [2.75, 3.05) is 19.0 Å². The maximum Gasteiger partial charge on any atom is 0.262 e. The lowest BCUT2D eigenvalue weighted by atomic mass is 10.2. The van der Waals surface area contributed by atoms with Crippen LogP contribution < -0.4 is 14.8 Å². The fraction of sp³-hybridized carbons (Fsp3) is 0.105. The fourth-order valence-electron chi connectivity index (χ4n) is 2.39. The highest BCUT2D eigenvalue weighted by Gasteiger charge is 2.11. The molecule has 0 radical (unpaired) electrons. The van der Waals surface area contributed by atoms with Crippen LogP contribution in [0.15, 0.2) is 67.0 Å². The van der Waals surface area contributed by atoms with Crippen molar-refractivity contribution in [1.29, 1.82) is 0 Å². The van der Waals surface area contributed by atoms with Crippen LogP contribution in [-0.2, 0) is 4.79 Å². The molecular formula is C19H17ClN2O3. The second-order valence-electron chi connectivity index (χ2n) is 5.24. The maximum absolute atomic E-state index is 12.3. The van der Waals surface area contributed by atoms with Crippen LogP contribution in [0.2, 0.25) is 5.02 Å². The number of aromatic nitrogens is 1. The van der Waals surface area contributed by atoms with Crippen molar-refractivity contribution in [3.8, 4) is 17.2 Å². The number of nitrogens with zero attached hydrogens (tertiary/aromatic N) is 1. The third-order valence-corrected chi connectivity index (χ3v) is 3.78. The van der Waals surface area contributed by atoms with Crippen molar-refractivity contribution in [3.63, 3.8) is 0 Å². The molecule has 0 saturated heterocycles. The summed E-state index contributed by atoms with van der Waals surface area (Å²) in [5.74, 6) is 0.818.